The number of aliphatic hydroxyl groups is 1. The van der Waals surface area contributed by atoms with Crippen LogP contribution in [0.1, 0.15) is 13.8 Å². The minimum absolute atomic E-state index is 0.338. The first-order chi connectivity index (χ1) is 6.03. The number of nitrogens with zero attached hydrogens (tertiary/aromatic N) is 1. The van der Waals surface area contributed by atoms with Gasteiger partial charge in [0.15, 0.2) is 0 Å². The second kappa shape index (κ2) is 4.64. The van der Waals surface area contributed by atoms with E-state index in [-0.39, 0.29) is 0 Å². The normalized spacial score (nSPS) is 30.0. The summed E-state index contributed by atoms with van der Waals surface area (Å²) in [5.41, 5.74) is 4.76. The maximum Gasteiger partial charge on any atom is 0.0867 e. The third-order valence-electron chi connectivity index (χ3n) is 2.33. The van der Waals surface area contributed by atoms with E-state index in [9.17, 15) is 5.11 Å². The lowest BCUT2D eigenvalue weighted by Crippen LogP contribution is -2.49. The van der Waals surface area contributed by atoms with Gasteiger partial charge in [0.25, 0.3) is 0 Å². The minimum Gasteiger partial charge on any atom is -0.388 e. The van der Waals surface area contributed by atoms with Crippen molar-refractivity contribution in [2.24, 2.45) is 5.73 Å². The van der Waals surface area contributed by atoms with E-state index in [2.05, 4.69) is 11.8 Å². The maximum absolute atomic E-state index is 9.79. The van der Waals surface area contributed by atoms with Gasteiger partial charge in [0, 0.05) is 37.2 Å². The third kappa shape index (κ3) is 3.85. The molecule has 1 fully saturated rings. The topological polar surface area (TPSA) is 49.5 Å². The monoisotopic (exact) mass is 204 g/mol. The molecule has 0 aliphatic carbocycles. The highest BCUT2D eigenvalue weighted by atomic mass is 32.2. The lowest BCUT2D eigenvalue weighted by Gasteiger charge is -2.35. The van der Waals surface area contributed by atoms with E-state index in [0.29, 0.717) is 18.3 Å². The van der Waals surface area contributed by atoms with Gasteiger partial charge in [-0.15, -0.1) is 0 Å². The number of rotatable bonds is 3. The second-order valence-corrected chi connectivity index (χ2v) is 5.66. The smallest absolute Gasteiger partial charge is 0.0867 e. The van der Waals surface area contributed by atoms with Crippen molar-refractivity contribution < 1.29 is 5.11 Å². The number of hydrogen-bond acceptors (Lipinski definition) is 4. The highest BCUT2D eigenvalue weighted by Crippen LogP contribution is 2.19. The lowest BCUT2D eigenvalue weighted by atomic mass is 10.1. The van der Waals surface area contributed by atoms with E-state index < -0.39 is 5.60 Å². The Kier molecular flexibility index (Phi) is 4.04. The molecule has 1 saturated heterocycles. The van der Waals surface area contributed by atoms with Crippen molar-refractivity contribution >= 4 is 11.8 Å². The molecule has 0 spiro atoms. The molecule has 1 rings (SSSR count). The number of β-amino-alcohol motifs (C(OH)–C–C–N with tert-alkyl or cyclic N) is 1. The average Bonchev–Trinajstić information content (AvgIpc) is 2.03. The van der Waals surface area contributed by atoms with E-state index in [0.717, 1.165) is 13.1 Å². The molecular weight excluding hydrogens is 184 g/mol. The highest BCUT2D eigenvalue weighted by molar-refractivity contribution is 7.99. The van der Waals surface area contributed by atoms with Gasteiger partial charge >= 0.3 is 0 Å². The van der Waals surface area contributed by atoms with Crippen molar-refractivity contribution in [2.45, 2.75) is 24.7 Å². The first-order valence-corrected chi connectivity index (χ1v) is 5.85. The highest BCUT2D eigenvalue weighted by Gasteiger charge is 2.25. The van der Waals surface area contributed by atoms with Crippen molar-refractivity contribution in [2.75, 3.05) is 31.9 Å². The summed E-state index contributed by atoms with van der Waals surface area (Å²) in [5.74, 6) is 1.17. The van der Waals surface area contributed by atoms with Gasteiger partial charge in [-0.25, -0.2) is 0 Å². The summed E-state index contributed by atoms with van der Waals surface area (Å²) in [7, 11) is 0. The Bertz CT molecular complexity index is 164. The first kappa shape index (κ1) is 11.3. The predicted octanol–water partition coefficient (Wildman–Crippen LogP) is 0.133. The summed E-state index contributed by atoms with van der Waals surface area (Å²) in [6.07, 6.45) is 0. The molecule has 1 heterocycles. The Morgan fingerprint density at radius 3 is 2.92 bits per heavy atom. The first-order valence-electron chi connectivity index (χ1n) is 4.80. The van der Waals surface area contributed by atoms with Crippen LogP contribution >= 0.6 is 11.8 Å². The summed E-state index contributed by atoms with van der Waals surface area (Å²) in [5, 5.41) is 10.5. The maximum atomic E-state index is 9.79. The number of nitrogens with two attached hydrogens (primary N) is 1. The van der Waals surface area contributed by atoms with Gasteiger partial charge in [-0.05, 0) is 6.92 Å². The molecule has 78 valence electrons. The van der Waals surface area contributed by atoms with Crippen LogP contribution in [0.2, 0.25) is 0 Å². The van der Waals surface area contributed by atoms with Crippen LogP contribution in [0, 0.1) is 0 Å². The van der Waals surface area contributed by atoms with Gasteiger partial charge in [0.1, 0.15) is 0 Å². The van der Waals surface area contributed by atoms with Crippen molar-refractivity contribution in [1.29, 1.82) is 0 Å². The summed E-state index contributed by atoms with van der Waals surface area (Å²) >= 11 is 2.00. The molecule has 1 aliphatic rings. The summed E-state index contributed by atoms with van der Waals surface area (Å²) in [4.78, 5) is 2.30. The summed E-state index contributed by atoms with van der Waals surface area (Å²) in [6, 6.07) is 0. The van der Waals surface area contributed by atoms with Crippen LogP contribution in [0.5, 0.6) is 0 Å². The standard InChI is InChI=1S/C9H20N2OS/c1-8-5-11(3-4-13-8)7-9(2,12)6-10/h8,12H,3-7,10H2,1-2H3. The van der Waals surface area contributed by atoms with Crippen molar-refractivity contribution in [1.82, 2.24) is 4.90 Å². The zero-order chi connectivity index (χ0) is 9.90. The molecule has 0 radical (unpaired) electrons. The number of thioether (sulfide) groups is 1. The third-order valence-corrected chi connectivity index (χ3v) is 3.47. The van der Waals surface area contributed by atoms with Crippen LogP contribution in [-0.2, 0) is 0 Å². The number of hydrogen-bond donors (Lipinski definition) is 2. The van der Waals surface area contributed by atoms with Gasteiger partial charge in [-0.3, -0.25) is 4.90 Å². The van der Waals surface area contributed by atoms with Gasteiger partial charge in [0.2, 0.25) is 0 Å². The Hall–Kier alpha value is 0.230. The molecule has 0 saturated carbocycles. The van der Waals surface area contributed by atoms with Crippen LogP contribution < -0.4 is 5.73 Å². The van der Waals surface area contributed by atoms with Crippen LogP contribution in [0.25, 0.3) is 0 Å². The second-order valence-electron chi connectivity index (χ2n) is 4.12. The molecular formula is C9H20N2OS. The Labute approximate surface area is 84.7 Å². The molecule has 2 unspecified atom stereocenters. The van der Waals surface area contributed by atoms with Crippen LogP contribution in [0.4, 0.5) is 0 Å². The lowest BCUT2D eigenvalue weighted by molar-refractivity contribution is 0.0287. The van der Waals surface area contributed by atoms with E-state index in [1.165, 1.54) is 5.75 Å². The molecule has 0 aromatic rings. The molecule has 0 bridgehead atoms. The van der Waals surface area contributed by atoms with E-state index in [4.69, 9.17) is 5.73 Å². The Balaban J connectivity index is 2.35. The van der Waals surface area contributed by atoms with E-state index >= 15 is 0 Å². The van der Waals surface area contributed by atoms with Gasteiger partial charge in [-0.1, -0.05) is 6.92 Å². The van der Waals surface area contributed by atoms with Crippen LogP contribution in [0.3, 0.4) is 0 Å². The van der Waals surface area contributed by atoms with Crippen molar-refractivity contribution in [3.8, 4) is 0 Å². The average molecular weight is 204 g/mol. The zero-order valence-electron chi connectivity index (χ0n) is 8.49. The Morgan fingerprint density at radius 1 is 1.69 bits per heavy atom. The SMILES string of the molecule is CC1CN(CC(C)(O)CN)CCS1. The van der Waals surface area contributed by atoms with Gasteiger partial charge < -0.3 is 10.8 Å². The quantitative estimate of drug-likeness (QED) is 0.686. The zero-order valence-corrected chi connectivity index (χ0v) is 9.31. The fourth-order valence-corrected chi connectivity index (χ4v) is 2.66. The molecule has 13 heavy (non-hydrogen) atoms. The summed E-state index contributed by atoms with van der Waals surface area (Å²) < 4.78 is 0. The molecule has 0 aromatic heterocycles. The fraction of sp³-hybridized carbons (Fsp3) is 1.00. The predicted molar refractivity (Wildman–Crippen MR) is 58.0 cm³/mol. The molecule has 1 aliphatic heterocycles. The van der Waals surface area contributed by atoms with Crippen LogP contribution in [0.15, 0.2) is 0 Å². The van der Waals surface area contributed by atoms with Gasteiger partial charge in [-0.2, -0.15) is 11.8 Å². The molecule has 4 heteroatoms. The molecule has 0 amide bonds. The van der Waals surface area contributed by atoms with Crippen LogP contribution in [-0.4, -0.2) is 52.8 Å². The molecule has 2 atom stereocenters. The van der Waals surface area contributed by atoms with Crippen molar-refractivity contribution in [3.63, 3.8) is 0 Å². The van der Waals surface area contributed by atoms with E-state index in [1.54, 1.807) is 6.92 Å². The fourth-order valence-electron chi connectivity index (χ4n) is 1.58. The van der Waals surface area contributed by atoms with Gasteiger partial charge in [0.05, 0.1) is 5.60 Å². The summed E-state index contributed by atoms with van der Waals surface area (Å²) in [6.45, 7) is 7.22. The van der Waals surface area contributed by atoms with E-state index in [1.807, 2.05) is 11.8 Å². The molecule has 3 N–H and O–H groups in total. The van der Waals surface area contributed by atoms with Crippen molar-refractivity contribution in [3.05, 3.63) is 0 Å². The largest absolute Gasteiger partial charge is 0.388 e. The molecule has 0 aromatic carbocycles. The Morgan fingerprint density at radius 2 is 2.38 bits per heavy atom. The minimum atomic E-state index is -0.721. The molecule has 3 nitrogen and oxygen atoms in total.